The van der Waals surface area contributed by atoms with E-state index in [0.717, 1.165) is 23.0 Å². The first kappa shape index (κ1) is 14.2. The molecule has 1 N–H and O–H groups in total. The first-order valence-electron chi connectivity index (χ1n) is 6.89. The fraction of sp³-hybridized carbons (Fsp3) is 0.533. The number of halogens is 2. The Bertz CT molecular complexity index is 555. The molecule has 2 heterocycles. The average molecular weight is 355 g/mol. The fourth-order valence-electron chi connectivity index (χ4n) is 3.54. The maximum absolute atomic E-state index is 9.71. The van der Waals surface area contributed by atoms with E-state index in [1.165, 1.54) is 12.8 Å². The summed E-state index contributed by atoms with van der Waals surface area (Å²) in [5.74, 6) is 0. The minimum absolute atomic E-state index is 0.453. The van der Waals surface area contributed by atoms with Gasteiger partial charge in [0, 0.05) is 22.2 Å². The van der Waals surface area contributed by atoms with Crippen molar-refractivity contribution in [2.24, 2.45) is 0 Å². The van der Waals surface area contributed by atoms with Crippen LogP contribution in [0.4, 0.5) is 5.69 Å². The lowest BCUT2D eigenvalue weighted by atomic mass is 9.84. The molecule has 3 rings (SSSR count). The molecule has 2 atom stereocenters. The summed E-state index contributed by atoms with van der Waals surface area (Å²) < 4.78 is 0.855. The van der Waals surface area contributed by atoms with E-state index in [1.807, 2.05) is 18.2 Å². The SMILES string of the molecule is CN1C2CCC1CC(C#N)(Nc1ccc(Cl)c(Br)c1)C2. The molecule has 0 radical (unpaired) electrons. The summed E-state index contributed by atoms with van der Waals surface area (Å²) in [6, 6.07) is 9.32. The minimum Gasteiger partial charge on any atom is -0.367 e. The lowest BCUT2D eigenvalue weighted by Gasteiger charge is -2.42. The van der Waals surface area contributed by atoms with Gasteiger partial charge in [0.1, 0.15) is 5.54 Å². The molecule has 3 nitrogen and oxygen atoms in total. The van der Waals surface area contributed by atoms with Crippen LogP contribution < -0.4 is 5.32 Å². The van der Waals surface area contributed by atoms with Crippen LogP contribution in [-0.4, -0.2) is 29.6 Å². The minimum atomic E-state index is -0.453. The number of nitrogens with zero attached hydrogens (tertiary/aromatic N) is 2. The van der Waals surface area contributed by atoms with E-state index in [0.29, 0.717) is 17.1 Å². The predicted octanol–water partition coefficient (Wildman–Crippen LogP) is 4.03. The van der Waals surface area contributed by atoms with E-state index < -0.39 is 5.54 Å². The van der Waals surface area contributed by atoms with Gasteiger partial charge in [-0.3, -0.25) is 0 Å². The number of benzene rings is 1. The average Bonchev–Trinajstić information content (AvgIpc) is 2.65. The Morgan fingerprint density at radius 3 is 2.60 bits per heavy atom. The van der Waals surface area contributed by atoms with E-state index in [9.17, 15) is 5.26 Å². The molecule has 0 aromatic heterocycles. The highest BCUT2D eigenvalue weighted by molar-refractivity contribution is 9.10. The number of rotatable bonds is 2. The Balaban J connectivity index is 1.84. The molecule has 0 aliphatic carbocycles. The molecule has 0 saturated carbocycles. The zero-order chi connectivity index (χ0) is 14.3. The van der Waals surface area contributed by atoms with Crippen molar-refractivity contribution in [2.75, 3.05) is 12.4 Å². The normalized spacial score (nSPS) is 32.9. The summed E-state index contributed by atoms with van der Waals surface area (Å²) >= 11 is 9.45. The van der Waals surface area contributed by atoms with Crippen LogP contribution in [0.5, 0.6) is 0 Å². The van der Waals surface area contributed by atoms with E-state index in [4.69, 9.17) is 11.6 Å². The molecule has 1 aromatic carbocycles. The molecule has 2 aliphatic rings. The van der Waals surface area contributed by atoms with Crippen LogP contribution in [0.2, 0.25) is 5.02 Å². The van der Waals surface area contributed by atoms with Crippen LogP contribution in [0.15, 0.2) is 22.7 Å². The van der Waals surface area contributed by atoms with Crippen molar-refractivity contribution in [3.63, 3.8) is 0 Å². The zero-order valence-electron chi connectivity index (χ0n) is 11.4. The number of hydrogen-bond donors (Lipinski definition) is 1. The molecular weight excluding hydrogens is 338 g/mol. The molecule has 2 fully saturated rings. The van der Waals surface area contributed by atoms with Gasteiger partial charge < -0.3 is 10.2 Å². The lowest BCUT2D eigenvalue weighted by molar-refractivity contribution is 0.146. The smallest absolute Gasteiger partial charge is 0.128 e. The quantitative estimate of drug-likeness (QED) is 0.871. The number of hydrogen-bond acceptors (Lipinski definition) is 3. The Kier molecular flexibility index (Phi) is 3.70. The summed E-state index contributed by atoms with van der Waals surface area (Å²) in [5.41, 5.74) is 0.498. The Labute approximate surface area is 133 Å². The lowest BCUT2D eigenvalue weighted by Crippen LogP contribution is -2.52. The Hall–Kier alpha value is -0.760. The molecule has 2 aliphatic heterocycles. The number of nitriles is 1. The summed E-state index contributed by atoms with van der Waals surface area (Å²) in [5, 5.41) is 13.8. The van der Waals surface area contributed by atoms with E-state index >= 15 is 0 Å². The van der Waals surface area contributed by atoms with Crippen molar-refractivity contribution in [3.05, 3.63) is 27.7 Å². The van der Waals surface area contributed by atoms with Gasteiger partial charge in [0.2, 0.25) is 0 Å². The summed E-state index contributed by atoms with van der Waals surface area (Å²) in [4.78, 5) is 2.44. The van der Waals surface area contributed by atoms with Crippen molar-refractivity contribution < 1.29 is 0 Å². The molecule has 0 spiro atoms. The number of fused-ring (bicyclic) bond motifs is 2. The third-order valence-electron chi connectivity index (χ3n) is 4.67. The van der Waals surface area contributed by atoms with Gasteiger partial charge in [-0.05, 0) is 66.9 Å². The highest BCUT2D eigenvalue weighted by atomic mass is 79.9. The summed E-state index contributed by atoms with van der Waals surface area (Å²) in [6.07, 6.45) is 4.18. The van der Waals surface area contributed by atoms with E-state index in [1.54, 1.807) is 0 Å². The maximum Gasteiger partial charge on any atom is 0.128 e. The molecule has 1 aromatic rings. The van der Waals surface area contributed by atoms with Crippen molar-refractivity contribution >= 4 is 33.2 Å². The number of anilines is 1. The Morgan fingerprint density at radius 2 is 2.05 bits per heavy atom. The van der Waals surface area contributed by atoms with Gasteiger partial charge in [-0.1, -0.05) is 11.6 Å². The first-order chi connectivity index (χ1) is 9.53. The van der Waals surface area contributed by atoms with Crippen LogP contribution >= 0.6 is 27.5 Å². The molecule has 2 unspecified atom stereocenters. The van der Waals surface area contributed by atoms with Crippen LogP contribution in [0.25, 0.3) is 0 Å². The third kappa shape index (κ3) is 2.43. The second-order valence-corrected chi connectivity index (χ2v) is 7.17. The molecule has 5 heteroatoms. The van der Waals surface area contributed by atoms with Gasteiger partial charge in [0.05, 0.1) is 11.1 Å². The van der Waals surface area contributed by atoms with Crippen molar-refractivity contribution in [1.82, 2.24) is 4.90 Å². The number of piperidine rings is 1. The zero-order valence-corrected chi connectivity index (χ0v) is 13.7. The molecule has 0 amide bonds. The van der Waals surface area contributed by atoms with Crippen LogP contribution in [0.1, 0.15) is 25.7 Å². The third-order valence-corrected chi connectivity index (χ3v) is 5.88. The molecular formula is C15H17BrClN3. The van der Waals surface area contributed by atoms with Crippen LogP contribution in [0, 0.1) is 11.3 Å². The molecule has 2 saturated heterocycles. The molecule has 2 bridgehead atoms. The largest absolute Gasteiger partial charge is 0.367 e. The van der Waals surface area contributed by atoms with Crippen molar-refractivity contribution in [3.8, 4) is 6.07 Å². The van der Waals surface area contributed by atoms with Crippen LogP contribution in [-0.2, 0) is 0 Å². The van der Waals surface area contributed by atoms with Gasteiger partial charge in [-0.2, -0.15) is 5.26 Å². The van der Waals surface area contributed by atoms with Gasteiger partial charge in [0.25, 0.3) is 0 Å². The highest BCUT2D eigenvalue weighted by Gasteiger charge is 2.47. The van der Waals surface area contributed by atoms with Gasteiger partial charge in [0.15, 0.2) is 0 Å². The van der Waals surface area contributed by atoms with E-state index in [2.05, 4.69) is 39.3 Å². The second kappa shape index (κ2) is 5.22. The second-order valence-electron chi connectivity index (χ2n) is 5.91. The maximum atomic E-state index is 9.71. The molecule has 20 heavy (non-hydrogen) atoms. The standard InChI is InChI=1S/C15H17BrClN3/c1-20-11-3-4-12(20)8-15(7-11,9-18)19-10-2-5-14(17)13(16)6-10/h2,5-6,11-12,19H,3-4,7-8H2,1H3. The Morgan fingerprint density at radius 1 is 1.40 bits per heavy atom. The van der Waals surface area contributed by atoms with Gasteiger partial charge >= 0.3 is 0 Å². The highest BCUT2D eigenvalue weighted by Crippen LogP contribution is 2.41. The van der Waals surface area contributed by atoms with Gasteiger partial charge in [-0.15, -0.1) is 0 Å². The number of nitrogens with one attached hydrogen (secondary N) is 1. The first-order valence-corrected chi connectivity index (χ1v) is 8.06. The molecule has 106 valence electrons. The predicted molar refractivity (Wildman–Crippen MR) is 84.9 cm³/mol. The van der Waals surface area contributed by atoms with Crippen molar-refractivity contribution in [1.29, 1.82) is 5.26 Å². The summed E-state index contributed by atoms with van der Waals surface area (Å²) in [6.45, 7) is 0. The van der Waals surface area contributed by atoms with Crippen molar-refractivity contribution in [2.45, 2.75) is 43.3 Å². The fourth-order valence-corrected chi connectivity index (χ4v) is 4.04. The van der Waals surface area contributed by atoms with Crippen LogP contribution in [0.3, 0.4) is 0 Å². The van der Waals surface area contributed by atoms with Gasteiger partial charge in [-0.25, -0.2) is 0 Å². The van der Waals surface area contributed by atoms with E-state index in [-0.39, 0.29) is 0 Å². The topological polar surface area (TPSA) is 39.1 Å². The summed E-state index contributed by atoms with van der Waals surface area (Å²) in [7, 11) is 2.18. The monoisotopic (exact) mass is 353 g/mol.